The molecule has 0 radical (unpaired) electrons. The summed E-state index contributed by atoms with van der Waals surface area (Å²) in [6.45, 7) is 6.04. The molecule has 0 saturated carbocycles. The minimum atomic E-state index is 0.616. The van der Waals surface area contributed by atoms with Crippen LogP contribution in [0.15, 0.2) is 30.7 Å². The maximum atomic E-state index is 5.41. The Kier molecular flexibility index (Phi) is 4.43. The first-order valence-corrected chi connectivity index (χ1v) is 8.54. The maximum Gasteiger partial charge on any atom is 0.254 e. The van der Waals surface area contributed by atoms with E-state index in [0.717, 1.165) is 50.1 Å². The van der Waals surface area contributed by atoms with Crippen LogP contribution in [-0.2, 0) is 17.7 Å². The van der Waals surface area contributed by atoms with Gasteiger partial charge in [-0.05, 0) is 24.1 Å². The summed E-state index contributed by atoms with van der Waals surface area (Å²) in [4.78, 5) is 15.4. The molecule has 8 nitrogen and oxygen atoms in total. The van der Waals surface area contributed by atoms with Crippen molar-refractivity contribution in [2.24, 2.45) is 0 Å². The molecule has 1 aliphatic heterocycles. The fourth-order valence-electron chi connectivity index (χ4n) is 2.90. The average Bonchev–Trinajstić information content (AvgIpc) is 3.15. The van der Waals surface area contributed by atoms with Crippen molar-refractivity contribution in [2.45, 2.75) is 19.9 Å². The van der Waals surface area contributed by atoms with E-state index in [0.29, 0.717) is 12.3 Å². The van der Waals surface area contributed by atoms with Crippen molar-refractivity contribution in [1.82, 2.24) is 24.6 Å². The quantitative estimate of drug-likeness (QED) is 0.755. The van der Waals surface area contributed by atoms with Gasteiger partial charge in [0.2, 0.25) is 0 Å². The van der Waals surface area contributed by atoms with E-state index >= 15 is 0 Å². The van der Waals surface area contributed by atoms with Gasteiger partial charge in [0.15, 0.2) is 0 Å². The number of hydrogen-bond acceptors (Lipinski definition) is 7. The lowest BCUT2D eigenvalue weighted by Crippen LogP contribution is -2.36. The largest absolute Gasteiger partial charge is 0.378 e. The number of hydrogen-bond donors (Lipinski definition) is 1. The standard InChI is InChI=1S/C17H21N7O/c1-2-14-10-16(24-17(22-14)20-12-21-24)19-11-13-3-4-18-15(9-13)23-5-7-25-8-6-23/h3-4,9-10,12,19H,2,5-8,11H2,1H3. The molecule has 1 N–H and O–H groups in total. The molecule has 3 aromatic heterocycles. The van der Waals surface area contributed by atoms with Crippen LogP contribution in [-0.4, -0.2) is 50.9 Å². The van der Waals surface area contributed by atoms with Crippen molar-refractivity contribution < 1.29 is 4.74 Å². The van der Waals surface area contributed by atoms with Gasteiger partial charge >= 0.3 is 0 Å². The van der Waals surface area contributed by atoms with E-state index in [1.807, 2.05) is 18.3 Å². The van der Waals surface area contributed by atoms with Crippen LogP contribution >= 0.6 is 0 Å². The fourth-order valence-corrected chi connectivity index (χ4v) is 2.90. The summed E-state index contributed by atoms with van der Waals surface area (Å²) in [6.07, 6.45) is 4.24. The lowest BCUT2D eigenvalue weighted by molar-refractivity contribution is 0.122. The van der Waals surface area contributed by atoms with Crippen molar-refractivity contribution in [3.05, 3.63) is 42.0 Å². The predicted molar refractivity (Wildman–Crippen MR) is 94.8 cm³/mol. The van der Waals surface area contributed by atoms with Gasteiger partial charge in [0, 0.05) is 37.6 Å². The van der Waals surface area contributed by atoms with Gasteiger partial charge in [-0.25, -0.2) is 9.97 Å². The molecular weight excluding hydrogens is 318 g/mol. The zero-order valence-corrected chi connectivity index (χ0v) is 14.2. The molecule has 0 unspecified atom stereocenters. The maximum absolute atomic E-state index is 5.41. The number of anilines is 2. The number of morpholine rings is 1. The Hall–Kier alpha value is -2.74. The van der Waals surface area contributed by atoms with Crippen LogP contribution in [0.2, 0.25) is 0 Å². The number of aromatic nitrogens is 5. The molecule has 8 heteroatoms. The Morgan fingerprint density at radius 2 is 2.08 bits per heavy atom. The van der Waals surface area contributed by atoms with Gasteiger partial charge in [0.05, 0.1) is 13.2 Å². The van der Waals surface area contributed by atoms with Gasteiger partial charge in [-0.3, -0.25) is 0 Å². The molecule has 130 valence electrons. The molecular formula is C17H21N7O. The summed E-state index contributed by atoms with van der Waals surface area (Å²) < 4.78 is 7.13. The molecule has 1 saturated heterocycles. The van der Waals surface area contributed by atoms with Crippen LogP contribution in [0.25, 0.3) is 5.78 Å². The van der Waals surface area contributed by atoms with Gasteiger partial charge in [-0.15, -0.1) is 0 Å². The van der Waals surface area contributed by atoms with E-state index in [-0.39, 0.29) is 0 Å². The molecule has 4 heterocycles. The van der Waals surface area contributed by atoms with E-state index in [1.54, 1.807) is 4.52 Å². The summed E-state index contributed by atoms with van der Waals surface area (Å²) in [7, 11) is 0. The van der Waals surface area contributed by atoms with Crippen molar-refractivity contribution in [3.8, 4) is 0 Å². The molecule has 0 amide bonds. The van der Waals surface area contributed by atoms with Crippen molar-refractivity contribution in [1.29, 1.82) is 0 Å². The first-order valence-electron chi connectivity index (χ1n) is 8.54. The van der Waals surface area contributed by atoms with Crippen LogP contribution in [0.1, 0.15) is 18.2 Å². The summed E-state index contributed by atoms with van der Waals surface area (Å²) in [5.41, 5.74) is 2.16. The Balaban J connectivity index is 1.52. The lowest BCUT2D eigenvalue weighted by atomic mass is 10.2. The molecule has 1 fully saturated rings. The SMILES string of the molecule is CCc1cc(NCc2ccnc(N3CCOCC3)c2)n2ncnc2n1. The van der Waals surface area contributed by atoms with E-state index in [4.69, 9.17) is 4.74 Å². The number of nitrogens with one attached hydrogen (secondary N) is 1. The third kappa shape index (κ3) is 3.39. The first kappa shape index (κ1) is 15.8. The molecule has 25 heavy (non-hydrogen) atoms. The van der Waals surface area contributed by atoms with E-state index < -0.39 is 0 Å². The Morgan fingerprint density at radius 1 is 1.20 bits per heavy atom. The number of pyridine rings is 1. The zero-order valence-electron chi connectivity index (χ0n) is 14.2. The van der Waals surface area contributed by atoms with E-state index in [1.165, 1.54) is 11.9 Å². The van der Waals surface area contributed by atoms with Gasteiger partial charge in [-0.2, -0.15) is 14.6 Å². The number of nitrogens with zero attached hydrogens (tertiary/aromatic N) is 6. The molecule has 3 aromatic rings. The first-order chi connectivity index (χ1) is 12.3. The van der Waals surface area contributed by atoms with Crippen LogP contribution in [0.4, 0.5) is 11.6 Å². The average molecular weight is 339 g/mol. The third-order valence-corrected chi connectivity index (χ3v) is 4.29. The minimum absolute atomic E-state index is 0.616. The van der Waals surface area contributed by atoms with Gasteiger partial charge in [0.25, 0.3) is 5.78 Å². The fraction of sp³-hybridized carbons (Fsp3) is 0.412. The van der Waals surface area contributed by atoms with Gasteiger partial charge in [0.1, 0.15) is 18.0 Å². The lowest BCUT2D eigenvalue weighted by Gasteiger charge is -2.28. The predicted octanol–water partition coefficient (Wildman–Crippen LogP) is 1.53. The minimum Gasteiger partial charge on any atom is -0.378 e. The van der Waals surface area contributed by atoms with Crippen molar-refractivity contribution >= 4 is 17.4 Å². The second-order valence-electron chi connectivity index (χ2n) is 5.93. The highest BCUT2D eigenvalue weighted by atomic mass is 16.5. The second kappa shape index (κ2) is 7.02. The van der Waals surface area contributed by atoms with Gasteiger partial charge in [-0.1, -0.05) is 6.92 Å². The molecule has 0 bridgehead atoms. The topological polar surface area (TPSA) is 80.5 Å². The molecule has 1 aliphatic rings. The van der Waals surface area contributed by atoms with Crippen LogP contribution in [0.5, 0.6) is 0 Å². The van der Waals surface area contributed by atoms with E-state index in [2.05, 4.69) is 43.3 Å². The number of rotatable bonds is 5. The van der Waals surface area contributed by atoms with Crippen molar-refractivity contribution in [3.63, 3.8) is 0 Å². The highest BCUT2D eigenvalue weighted by Crippen LogP contribution is 2.16. The molecule has 0 aliphatic carbocycles. The summed E-state index contributed by atoms with van der Waals surface area (Å²) >= 11 is 0. The molecule has 0 spiro atoms. The second-order valence-corrected chi connectivity index (χ2v) is 5.93. The highest BCUT2D eigenvalue weighted by molar-refractivity contribution is 5.47. The number of aryl methyl sites for hydroxylation is 1. The molecule has 0 atom stereocenters. The Bertz CT molecular complexity index is 857. The summed E-state index contributed by atoms with van der Waals surface area (Å²) in [6, 6.07) is 6.17. The summed E-state index contributed by atoms with van der Waals surface area (Å²) in [5.74, 6) is 2.51. The van der Waals surface area contributed by atoms with Crippen LogP contribution in [0.3, 0.4) is 0 Å². The van der Waals surface area contributed by atoms with Crippen LogP contribution < -0.4 is 10.2 Å². The Labute approximate surface area is 145 Å². The zero-order chi connectivity index (χ0) is 17.1. The highest BCUT2D eigenvalue weighted by Gasteiger charge is 2.13. The number of ether oxygens (including phenoxy) is 1. The molecule has 4 rings (SSSR count). The smallest absolute Gasteiger partial charge is 0.254 e. The van der Waals surface area contributed by atoms with E-state index in [9.17, 15) is 0 Å². The third-order valence-electron chi connectivity index (χ3n) is 4.29. The normalized spacial score (nSPS) is 14.8. The van der Waals surface area contributed by atoms with Gasteiger partial charge < -0.3 is 15.0 Å². The Morgan fingerprint density at radius 3 is 2.92 bits per heavy atom. The number of fused-ring (bicyclic) bond motifs is 1. The summed E-state index contributed by atoms with van der Waals surface area (Å²) in [5, 5.41) is 7.69. The van der Waals surface area contributed by atoms with Crippen LogP contribution in [0, 0.1) is 0 Å². The monoisotopic (exact) mass is 339 g/mol. The molecule has 0 aromatic carbocycles. The van der Waals surface area contributed by atoms with Crippen molar-refractivity contribution in [2.75, 3.05) is 36.5 Å².